The minimum Gasteiger partial charge on any atom is -0.506 e. The van der Waals surface area contributed by atoms with Crippen LogP contribution in [-0.2, 0) is 28.8 Å². The average Bonchev–Trinajstić information content (AvgIpc) is 2.70. The van der Waals surface area contributed by atoms with Gasteiger partial charge in [0.25, 0.3) is 5.91 Å². The van der Waals surface area contributed by atoms with Gasteiger partial charge in [0.1, 0.15) is 18.0 Å². The molecule has 4 N–H and O–H groups in total. The normalized spacial score (nSPS) is 24.3. The molecule has 1 aliphatic heterocycles. The number of nitrogens with one attached hydrogen (secondary N) is 1. The first kappa shape index (κ1) is 16.2. The van der Waals surface area contributed by atoms with Gasteiger partial charge < -0.3 is 10.8 Å². The molecule has 23 heavy (non-hydrogen) atoms. The van der Waals surface area contributed by atoms with Gasteiger partial charge in [0, 0.05) is 0 Å². The van der Waals surface area contributed by atoms with Gasteiger partial charge in [-0.3, -0.25) is 13.8 Å². The van der Waals surface area contributed by atoms with Crippen molar-refractivity contribution in [3.63, 3.8) is 0 Å². The smallest absolute Gasteiger partial charge is 0.253 e. The van der Waals surface area contributed by atoms with Gasteiger partial charge in [-0.2, -0.15) is 0 Å². The van der Waals surface area contributed by atoms with Gasteiger partial charge in [-0.05, 0) is 61.8 Å². The van der Waals surface area contributed by atoms with Crippen LogP contribution in [0.15, 0.2) is 6.07 Å². The highest BCUT2D eigenvalue weighted by molar-refractivity contribution is 7.85. The number of carbonyl (C=O) groups excluding carboxylic acids is 1. The molecule has 0 bridgehead atoms. The quantitative estimate of drug-likeness (QED) is 0.712. The number of phenols is 1. The fourth-order valence-electron chi connectivity index (χ4n) is 3.36. The van der Waals surface area contributed by atoms with Crippen molar-refractivity contribution in [1.82, 2.24) is 4.72 Å². The number of phenolic OH excluding ortho intramolecular Hbond substituents is 1. The number of nitrogens with zero attached hydrogens (tertiary/aromatic N) is 1. The lowest BCUT2D eigenvalue weighted by Gasteiger charge is -2.19. The first-order valence-corrected chi connectivity index (χ1v) is 8.84. The summed E-state index contributed by atoms with van der Waals surface area (Å²) in [7, 11) is 0. The van der Waals surface area contributed by atoms with Gasteiger partial charge in [0.15, 0.2) is 5.82 Å². The molecule has 1 aromatic carbocycles. The van der Waals surface area contributed by atoms with Gasteiger partial charge in [-0.25, -0.2) is 8.60 Å². The van der Waals surface area contributed by atoms with E-state index in [1.165, 1.54) is 0 Å². The van der Waals surface area contributed by atoms with Crippen LogP contribution in [0.5, 0.6) is 5.75 Å². The minimum absolute atomic E-state index is 0.155. The zero-order valence-corrected chi connectivity index (χ0v) is 13.5. The van der Waals surface area contributed by atoms with Gasteiger partial charge in [0.2, 0.25) is 11.2 Å². The number of hydrogen-bond acceptors (Lipinski definition) is 4. The molecule has 1 aliphatic carbocycles. The van der Waals surface area contributed by atoms with Crippen molar-refractivity contribution < 1.29 is 18.5 Å². The summed E-state index contributed by atoms with van der Waals surface area (Å²) < 4.78 is 30.1. The van der Waals surface area contributed by atoms with Crippen molar-refractivity contribution in [2.75, 3.05) is 17.4 Å². The third kappa shape index (κ3) is 3.05. The van der Waals surface area contributed by atoms with Crippen LogP contribution in [0.2, 0.25) is 0 Å². The highest BCUT2D eigenvalue weighted by Crippen LogP contribution is 2.39. The van der Waals surface area contributed by atoms with E-state index in [0.29, 0.717) is 30.9 Å². The van der Waals surface area contributed by atoms with E-state index in [9.17, 15) is 18.5 Å². The lowest BCUT2D eigenvalue weighted by molar-refractivity contribution is -0.117. The molecule has 2 atom stereocenters. The van der Waals surface area contributed by atoms with Crippen molar-refractivity contribution in [1.29, 1.82) is 0 Å². The van der Waals surface area contributed by atoms with E-state index in [1.54, 1.807) is 6.07 Å². The molecule has 8 heteroatoms. The molecule has 0 radical (unpaired) electrons. The number of anilines is 1. The third-order valence-corrected chi connectivity index (χ3v) is 5.67. The van der Waals surface area contributed by atoms with Crippen LogP contribution in [0.1, 0.15) is 30.4 Å². The minimum atomic E-state index is -1.86. The van der Waals surface area contributed by atoms with Crippen LogP contribution in [0.25, 0.3) is 0 Å². The largest absolute Gasteiger partial charge is 0.506 e. The number of carbonyl (C=O) groups is 1. The number of rotatable bonds is 3. The van der Waals surface area contributed by atoms with Crippen molar-refractivity contribution in [2.45, 2.75) is 32.1 Å². The first-order chi connectivity index (χ1) is 11.0. The number of benzene rings is 1. The summed E-state index contributed by atoms with van der Waals surface area (Å²) in [4.78, 5) is 11.4. The van der Waals surface area contributed by atoms with Crippen LogP contribution in [0, 0.1) is 11.7 Å². The molecule has 126 valence electrons. The second-order valence-electron chi connectivity index (χ2n) is 6.03. The van der Waals surface area contributed by atoms with Crippen LogP contribution in [0.4, 0.5) is 10.1 Å². The Hall–Kier alpha value is -1.67. The van der Waals surface area contributed by atoms with Crippen molar-refractivity contribution in [3.05, 3.63) is 23.0 Å². The summed E-state index contributed by atoms with van der Waals surface area (Å²) in [6, 6.07) is 1.54. The Labute approximate surface area is 136 Å². The molecule has 0 spiro atoms. The lowest BCUT2D eigenvalue weighted by atomic mass is 9.96. The SMILES string of the molecule is NCCC1CCc2cc(O)c(N3CC(=O)NS3=O)c(F)c2CC1. The van der Waals surface area contributed by atoms with E-state index in [-0.39, 0.29) is 18.0 Å². The Morgan fingerprint density at radius 2 is 2.17 bits per heavy atom. The number of aryl methyl sites for hydroxylation is 1. The average molecular weight is 341 g/mol. The number of aromatic hydroxyl groups is 1. The zero-order chi connectivity index (χ0) is 16.6. The van der Waals surface area contributed by atoms with Gasteiger partial charge in [-0.1, -0.05) is 0 Å². The maximum atomic E-state index is 15.0. The first-order valence-electron chi connectivity index (χ1n) is 7.73. The summed E-state index contributed by atoms with van der Waals surface area (Å²) in [5.41, 5.74) is 6.79. The maximum absolute atomic E-state index is 15.0. The number of halogens is 1. The molecule has 2 unspecified atom stereocenters. The fraction of sp³-hybridized carbons (Fsp3) is 0.533. The van der Waals surface area contributed by atoms with E-state index < -0.39 is 22.9 Å². The number of amides is 1. The predicted octanol–water partition coefficient (Wildman–Crippen LogP) is 0.890. The molecular formula is C15H20FN3O3S. The Morgan fingerprint density at radius 1 is 1.43 bits per heavy atom. The zero-order valence-electron chi connectivity index (χ0n) is 12.7. The van der Waals surface area contributed by atoms with E-state index in [4.69, 9.17) is 5.73 Å². The third-order valence-electron chi connectivity index (χ3n) is 4.55. The topological polar surface area (TPSA) is 95.7 Å². The van der Waals surface area contributed by atoms with E-state index >= 15 is 0 Å². The van der Waals surface area contributed by atoms with Crippen LogP contribution >= 0.6 is 0 Å². The molecular weight excluding hydrogens is 321 g/mol. The van der Waals surface area contributed by atoms with Gasteiger partial charge in [-0.15, -0.1) is 0 Å². The highest BCUT2D eigenvalue weighted by atomic mass is 32.2. The lowest BCUT2D eigenvalue weighted by Crippen LogP contribution is -2.24. The maximum Gasteiger partial charge on any atom is 0.253 e. The molecule has 1 fully saturated rings. The summed E-state index contributed by atoms with van der Waals surface area (Å²) in [6.07, 6.45) is 3.90. The molecule has 1 saturated heterocycles. The molecule has 6 nitrogen and oxygen atoms in total. The Bertz CT molecular complexity index is 668. The standard InChI is InChI=1S/C15H20FN3O3S/c16-14-11-4-2-9(5-6-17)1-3-10(11)7-12(20)15(14)19-8-13(21)18-23(19)22/h7,9,20H,1-6,8,17H2,(H,18,21). The summed E-state index contributed by atoms with van der Waals surface area (Å²) >= 11 is -1.86. The molecule has 3 rings (SSSR count). The molecule has 2 aliphatic rings. The summed E-state index contributed by atoms with van der Waals surface area (Å²) in [5, 5.41) is 10.2. The van der Waals surface area contributed by atoms with Crippen molar-refractivity contribution >= 4 is 22.8 Å². The highest BCUT2D eigenvalue weighted by Gasteiger charge is 2.33. The Morgan fingerprint density at radius 3 is 2.83 bits per heavy atom. The van der Waals surface area contributed by atoms with E-state index in [2.05, 4.69) is 4.72 Å². The molecule has 0 aromatic heterocycles. The van der Waals surface area contributed by atoms with Crippen molar-refractivity contribution in [2.24, 2.45) is 11.7 Å². The fourth-order valence-corrected chi connectivity index (χ4v) is 4.30. The number of nitrogens with two attached hydrogens (primary N) is 1. The monoisotopic (exact) mass is 341 g/mol. The molecule has 1 amide bonds. The Kier molecular flexibility index (Phi) is 4.54. The molecule has 0 saturated carbocycles. The van der Waals surface area contributed by atoms with Crippen LogP contribution in [-0.4, -0.2) is 28.3 Å². The molecule has 1 aromatic rings. The second-order valence-corrected chi connectivity index (χ2v) is 7.17. The summed E-state index contributed by atoms with van der Waals surface area (Å²) in [6.45, 7) is 0.381. The number of fused-ring (bicyclic) bond motifs is 1. The van der Waals surface area contributed by atoms with Crippen molar-refractivity contribution in [3.8, 4) is 5.75 Å². The number of hydrogen-bond donors (Lipinski definition) is 3. The van der Waals surface area contributed by atoms with E-state index in [1.807, 2.05) is 0 Å². The van der Waals surface area contributed by atoms with Crippen LogP contribution in [0.3, 0.4) is 0 Å². The van der Waals surface area contributed by atoms with E-state index in [0.717, 1.165) is 29.1 Å². The van der Waals surface area contributed by atoms with Crippen LogP contribution < -0.4 is 14.8 Å². The Balaban J connectivity index is 1.96. The van der Waals surface area contributed by atoms with Gasteiger partial charge in [0.05, 0.1) is 0 Å². The predicted molar refractivity (Wildman–Crippen MR) is 85.5 cm³/mol. The summed E-state index contributed by atoms with van der Waals surface area (Å²) in [5.74, 6) is -0.858. The second kappa shape index (κ2) is 6.45. The molecule has 1 heterocycles. The van der Waals surface area contributed by atoms with Gasteiger partial charge >= 0.3 is 0 Å².